The lowest BCUT2D eigenvalue weighted by Crippen LogP contribution is -2.24. The number of hydrogen-bond acceptors (Lipinski definition) is 4. The Morgan fingerprint density at radius 1 is 1.40 bits per heavy atom. The van der Waals surface area contributed by atoms with E-state index in [0.717, 1.165) is 30.4 Å². The van der Waals surface area contributed by atoms with Crippen LogP contribution in [0.25, 0.3) is 10.9 Å². The number of fused-ring (bicyclic) bond motifs is 1. The van der Waals surface area contributed by atoms with E-state index in [-0.39, 0.29) is 0 Å². The van der Waals surface area contributed by atoms with Crippen molar-refractivity contribution in [3.63, 3.8) is 0 Å². The number of hydrogen-bond donors (Lipinski definition) is 2. The quantitative estimate of drug-likeness (QED) is 0.893. The number of benzene rings is 1. The zero-order valence-corrected chi connectivity index (χ0v) is 11.4. The molecule has 0 spiro atoms. The van der Waals surface area contributed by atoms with E-state index in [0.29, 0.717) is 17.4 Å². The van der Waals surface area contributed by atoms with Crippen LogP contribution >= 0.6 is 0 Å². The van der Waals surface area contributed by atoms with E-state index in [9.17, 15) is 5.26 Å². The predicted octanol–water partition coefficient (Wildman–Crippen LogP) is 2.66. The first-order valence-electron chi connectivity index (χ1n) is 7.14. The SMILES string of the molecule is N#Cc1cc2ccccc2nc1NCC[C@H]1CCCN1. The first kappa shape index (κ1) is 12.9. The number of pyridine rings is 1. The zero-order valence-electron chi connectivity index (χ0n) is 11.4. The van der Waals surface area contributed by atoms with Gasteiger partial charge in [0.05, 0.1) is 11.1 Å². The zero-order chi connectivity index (χ0) is 13.8. The lowest BCUT2D eigenvalue weighted by atomic mass is 10.1. The van der Waals surface area contributed by atoms with Crippen molar-refractivity contribution in [2.24, 2.45) is 0 Å². The highest BCUT2D eigenvalue weighted by atomic mass is 15.0. The van der Waals surface area contributed by atoms with Gasteiger partial charge in [0.2, 0.25) is 0 Å². The Balaban J connectivity index is 1.74. The molecule has 3 rings (SSSR count). The van der Waals surface area contributed by atoms with Crippen LogP contribution in [0, 0.1) is 11.3 Å². The number of para-hydroxylation sites is 1. The van der Waals surface area contributed by atoms with Crippen LogP contribution in [0.15, 0.2) is 30.3 Å². The standard InChI is InChI=1S/C16H18N4/c17-11-13-10-12-4-1-2-6-15(12)20-16(13)19-9-7-14-5-3-8-18-14/h1-2,4,6,10,14,18H,3,5,7-9H2,(H,19,20)/t14-/m1/s1. The monoisotopic (exact) mass is 266 g/mol. The number of nitrogens with zero attached hydrogens (tertiary/aromatic N) is 2. The second kappa shape index (κ2) is 5.89. The lowest BCUT2D eigenvalue weighted by Gasteiger charge is -2.12. The largest absolute Gasteiger partial charge is 0.369 e. The molecule has 2 N–H and O–H groups in total. The summed E-state index contributed by atoms with van der Waals surface area (Å²) in [4.78, 5) is 4.56. The molecule has 2 aromatic rings. The third-order valence-electron chi connectivity index (χ3n) is 3.79. The third-order valence-corrected chi connectivity index (χ3v) is 3.79. The fourth-order valence-electron chi connectivity index (χ4n) is 2.70. The molecule has 1 atom stereocenters. The number of nitriles is 1. The van der Waals surface area contributed by atoms with Gasteiger partial charge in [0.25, 0.3) is 0 Å². The van der Waals surface area contributed by atoms with E-state index in [1.165, 1.54) is 12.8 Å². The van der Waals surface area contributed by atoms with Crippen molar-refractivity contribution in [2.75, 3.05) is 18.4 Å². The molecule has 4 heteroatoms. The van der Waals surface area contributed by atoms with Gasteiger partial charge in [0, 0.05) is 18.0 Å². The van der Waals surface area contributed by atoms with Crippen LogP contribution in [0.1, 0.15) is 24.8 Å². The van der Waals surface area contributed by atoms with Crippen LogP contribution in [-0.4, -0.2) is 24.1 Å². The highest BCUT2D eigenvalue weighted by Gasteiger charge is 2.13. The molecular formula is C16H18N4. The Morgan fingerprint density at radius 2 is 2.30 bits per heavy atom. The molecule has 1 aliphatic heterocycles. The molecule has 1 fully saturated rings. The normalized spacial score (nSPS) is 18.1. The number of rotatable bonds is 4. The summed E-state index contributed by atoms with van der Waals surface area (Å²) in [7, 11) is 0. The van der Waals surface area contributed by atoms with Crippen LogP contribution in [0.3, 0.4) is 0 Å². The second-order valence-electron chi connectivity index (χ2n) is 5.20. The van der Waals surface area contributed by atoms with E-state index in [1.807, 2.05) is 30.3 Å². The minimum absolute atomic E-state index is 0.605. The fraction of sp³-hybridized carbons (Fsp3) is 0.375. The van der Waals surface area contributed by atoms with Gasteiger partial charge in [-0.05, 0) is 37.9 Å². The summed E-state index contributed by atoms with van der Waals surface area (Å²) >= 11 is 0. The van der Waals surface area contributed by atoms with Gasteiger partial charge in [-0.25, -0.2) is 4.98 Å². The van der Waals surface area contributed by atoms with Gasteiger partial charge in [-0.1, -0.05) is 18.2 Å². The molecule has 0 unspecified atom stereocenters. The van der Waals surface area contributed by atoms with Crippen LogP contribution in [0.5, 0.6) is 0 Å². The summed E-state index contributed by atoms with van der Waals surface area (Å²) in [6.45, 7) is 1.97. The molecule has 4 nitrogen and oxygen atoms in total. The Labute approximate surface area is 118 Å². The molecule has 0 amide bonds. The molecule has 1 aromatic carbocycles. The summed E-state index contributed by atoms with van der Waals surface area (Å²) in [6.07, 6.45) is 3.58. The van der Waals surface area contributed by atoms with Gasteiger partial charge in [0.15, 0.2) is 0 Å². The van der Waals surface area contributed by atoms with Gasteiger partial charge < -0.3 is 10.6 Å². The number of nitrogens with one attached hydrogen (secondary N) is 2. The second-order valence-corrected chi connectivity index (χ2v) is 5.20. The lowest BCUT2D eigenvalue weighted by molar-refractivity contribution is 0.574. The van der Waals surface area contributed by atoms with E-state index < -0.39 is 0 Å². The highest BCUT2D eigenvalue weighted by Crippen LogP contribution is 2.20. The smallest absolute Gasteiger partial charge is 0.144 e. The average Bonchev–Trinajstić information content (AvgIpc) is 3.00. The van der Waals surface area contributed by atoms with Crippen molar-refractivity contribution in [2.45, 2.75) is 25.3 Å². The molecule has 20 heavy (non-hydrogen) atoms. The van der Waals surface area contributed by atoms with Crippen molar-refractivity contribution in [3.8, 4) is 6.07 Å². The summed E-state index contributed by atoms with van der Waals surface area (Å²) < 4.78 is 0. The summed E-state index contributed by atoms with van der Waals surface area (Å²) in [5.74, 6) is 0.698. The van der Waals surface area contributed by atoms with Gasteiger partial charge >= 0.3 is 0 Å². The maximum atomic E-state index is 9.25. The van der Waals surface area contributed by atoms with Gasteiger partial charge in [-0.3, -0.25) is 0 Å². The van der Waals surface area contributed by atoms with E-state index in [1.54, 1.807) is 0 Å². The van der Waals surface area contributed by atoms with E-state index in [2.05, 4.69) is 21.7 Å². The molecule has 0 saturated carbocycles. The molecule has 102 valence electrons. The molecule has 0 bridgehead atoms. The molecule has 2 heterocycles. The van der Waals surface area contributed by atoms with Crippen LogP contribution in [-0.2, 0) is 0 Å². The van der Waals surface area contributed by atoms with Crippen LogP contribution < -0.4 is 10.6 Å². The van der Waals surface area contributed by atoms with E-state index in [4.69, 9.17) is 0 Å². The molecule has 1 saturated heterocycles. The summed E-state index contributed by atoms with van der Waals surface area (Å²) in [6, 6.07) is 12.6. The van der Waals surface area contributed by atoms with E-state index >= 15 is 0 Å². The van der Waals surface area contributed by atoms with Crippen molar-refractivity contribution >= 4 is 16.7 Å². The maximum Gasteiger partial charge on any atom is 0.144 e. The maximum absolute atomic E-state index is 9.25. The average molecular weight is 266 g/mol. The van der Waals surface area contributed by atoms with Crippen molar-refractivity contribution in [1.82, 2.24) is 10.3 Å². The van der Waals surface area contributed by atoms with Gasteiger partial charge in [-0.2, -0.15) is 5.26 Å². The number of anilines is 1. The first-order chi connectivity index (χ1) is 9.86. The van der Waals surface area contributed by atoms with Crippen molar-refractivity contribution in [3.05, 3.63) is 35.9 Å². The minimum atomic E-state index is 0.605. The van der Waals surface area contributed by atoms with Crippen LogP contribution in [0.2, 0.25) is 0 Å². The summed E-state index contributed by atoms with van der Waals surface area (Å²) in [5, 5.41) is 17.0. The predicted molar refractivity (Wildman–Crippen MR) is 80.6 cm³/mol. The molecule has 1 aliphatic rings. The number of aromatic nitrogens is 1. The molecular weight excluding hydrogens is 248 g/mol. The van der Waals surface area contributed by atoms with Gasteiger partial charge in [-0.15, -0.1) is 0 Å². The Morgan fingerprint density at radius 3 is 3.10 bits per heavy atom. The Kier molecular flexibility index (Phi) is 3.80. The topological polar surface area (TPSA) is 60.7 Å². The van der Waals surface area contributed by atoms with Crippen molar-refractivity contribution < 1.29 is 0 Å². The molecule has 0 radical (unpaired) electrons. The molecule has 1 aromatic heterocycles. The Bertz CT molecular complexity index is 638. The molecule has 0 aliphatic carbocycles. The first-order valence-corrected chi connectivity index (χ1v) is 7.14. The van der Waals surface area contributed by atoms with Crippen molar-refractivity contribution in [1.29, 1.82) is 5.26 Å². The van der Waals surface area contributed by atoms with Gasteiger partial charge in [0.1, 0.15) is 11.9 Å². The highest BCUT2D eigenvalue weighted by molar-refractivity contribution is 5.82. The van der Waals surface area contributed by atoms with Crippen LogP contribution in [0.4, 0.5) is 5.82 Å². The third kappa shape index (κ3) is 2.73. The Hall–Kier alpha value is -2.12. The summed E-state index contributed by atoms with van der Waals surface area (Å²) in [5.41, 5.74) is 1.54. The fourth-order valence-corrected chi connectivity index (χ4v) is 2.70. The minimum Gasteiger partial charge on any atom is -0.369 e.